The molecule has 118 valence electrons. The Morgan fingerprint density at radius 3 is 2.73 bits per heavy atom. The Labute approximate surface area is 130 Å². The molecule has 22 heavy (non-hydrogen) atoms. The van der Waals surface area contributed by atoms with Crippen LogP contribution in [0.25, 0.3) is 11.3 Å². The third-order valence-electron chi connectivity index (χ3n) is 3.41. The second-order valence-corrected chi connectivity index (χ2v) is 5.44. The lowest BCUT2D eigenvalue weighted by molar-refractivity contribution is 0.415. The highest BCUT2D eigenvalue weighted by molar-refractivity contribution is 5.61. The summed E-state index contributed by atoms with van der Waals surface area (Å²) in [5.74, 6) is 0.774. The van der Waals surface area contributed by atoms with Crippen LogP contribution in [-0.4, -0.2) is 22.9 Å². The van der Waals surface area contributed by atoms with Crippen molar-refractivity contribution in [1.29, 1.82) is 0 Å². The van der Waals surface area contributed by atoms with E-state index in [9.17, 15) is 4.79 Å². The Bertz CT molecular complexity index is 693. The Morgan fingerprint density at radius 2 is 2.09 bits per heavy atom. The molecule has 0 unspecified atom stereocenters. The van der Waals surface area contributed by atoms with Crippen molar-refractivity contribution in [3.63, 3.8) is 0 Å². The molecule has 5 heteroatoms. The topological polar surface area (TPSA) is 56.1 Å². The van der Waals surface area contributed by atoms with Crippen LogP contribution >= 0.6 is 0 Å². The van der Waals surface area contributed by atoms with Crippen molar-refractivity contribution in [1.82, 2.24) is 15.1 Å². The minimum atomic E-state index is -0.0395. The van der Waals surface area contributed by atoms with Gasteiger partial charge in [-0.3, -0.25) is 4.79 Å². The van der Waals surface area contributed by atoms with Gasteiger partial charge in [-0.15, -0.1) is 0 Å². The van der Waals surface area contributed by atoms with Gasteiger partial charge in [-0.2, -0.15) is 5.10 Å². The van der Waals surface area contributed by atoms with Gasteiger partial charge >= 0.3 is 0 Å². The Kier molecular flexibility index (Phi) is 5.33. The first-order chi connectivity index (χ1) is 10.5. The van der Waals surface area contributed by atoms with Crippen LogP contribution in [-0.2, 0) is 13.1 Å². The second-order valence-electron chi connectivity index (χ2n) is 5.44. The Hall–Kier alpha value is -2.14. The maximum Gasteiger partial charge on any atom is 0.271 e. The van der Waals surface area contributed by atoms with E-state index in [1.165, 1.54) is 4.68 Å². The quantitative estimate of drug-likeness (QED) is 0.890. The minimum absolute atomic E-state index is 0.0395. The summed E-state index contributed by atoms with van der Waals surface area (Å²) in [5.41, 5.74) is 2.40. The molecule has 1 heterocycles. The number of hydrogen-bond acceptors (Lipinski definition) is 4. The smallest absolute Gasteiger partial charge is 0.271 e. The number of nitrogens with zero attached hydrogens (tertiary/aromatic N) is 2. The zero-order valence-electron chi connectivity index (χ0n) is 13.6. The predicted molar refractivity (Wildman–Crippen MR) is 88.1 cm³/mol. The molecular formula is C17H23N3O2. The number of benzene rings is 1. The van der Waals surface area contributed by atoms with Gasteiger partial charge in [0.25, 0.3) is 5.56 Å². The molecule has 1 aromatic heterocycles. The molecule has 0 fully saturated rings. The molecule has 2 aromatic rings. The third-order valence-corrected chi connectivity index (χ3v) is 3.41. The molecule has 0 saturated carbocycles. The maximum absolute atomic E-state index is 12.4. The van der Waals surface area contributed by atoms with Crippen molar-refractivity contribution in [3.8, 4) is 17.0 Å². The third kappa shape index (κ3) is 3.74. The van der Waals surface area contributed by atoms with Gasteiger partial charge in [0, 0.05) is 30.3 Å². The molecule has 0 atom stereocenters. The molecular weight excluding hydrogens is 278 g/mol. The first kappa shape index (κ1) is 16.2. The number of hydrogen-bond donors (Lipinski definition) is 1. The highest BCUT2D eigenvalue weighted by Gasteiger charge is 2.10. The van der Waals surface area contributed by atoms with Crippen LogP contribution in [0, 0.1) is 0 Å². The summed E-state index contributed by atoms with van der Waals surface area (Å²) in [4.78, 5) is 12.4. The van der Waals surface area contributed by atoms with Crippen LogP contribution in [0.4, 0.5) is 0 Å². The van der Waals surface area contributed by atoms with E-state index in [0.717, 1.165) is 22.6 Å². The van der Waals surface area contributed by atoms with Crippen molar-refractivity contribution in [2.45, 2.75) is 39.9 Å². The van der Waals surface area contributed by atoms with Crippen LogP contribution in [0.1, 0.15) is 26.3 Å². The summed E-state index contributed by atoms with van der Waals surface area (Å²) < 4.78 is 6.76. The second kappa shape index (κ2) is 7.22. The van der Waals surface area contributed by atoms with Crippen molar-refractivity contribution in [2.75, 3.05) is 7.11 Å². The fourth-order valence-corrected chi connectivity index (χ4v) is 2.18. The molecule has 0 saturated heterocycles. The SMILES string of the molecule is CCn1nc(-c2cccc(OC)c2)cc(CNC(C)C)c1=O. The number of ether oxygens (including phenoxy) is 1. The van der Waals surface area contributed by atoms with E-state index < -0.39 is 0 Å². The van der Waals surface area contributed by atoms with Crippen molar-refractivity contribution in [2.24, 2.45) is 0 Å². The first-order valence-electron chi connectivity index (χ1n) is 7.54. The fraction of sp³-hybridized carbons (Fsp3) is 0.412. The standard InChI is InChI=1S/C17H23N3O2/c1-5-20-17(21)14(11-18-12(2)3)10-16(19-20)13-7-6-8-15(9-13)22-4/h6-10,12,18H,5,11H2,1-4H3. The zero-order chi connectivity index (χ0) is 16.1. The number of aryl methyl sites for hydroxylation is 1. The lowest BCUT2D eigenvalue weighted by Crippen LogP contribution is -2.31. The summed E-state index contributed by atoms with van der Waals surface area (Å²) in [6, 6.07) is 9.88. The summed E-state index contributed by atoms with van der Waals surface area (Å²) in [7, 11) is 1.64. The fourth-order valence-electron chi connectivity index (χ4n) is 2.18. The van der Waals surface area contributed by atoms with Gasteiger partial charge in [0.1, 0.15) is 5.75 Å². The molecule has 0 bridgehead atoms. The van der Waals surface area contributed by atoms with Gasteiger partial charge in [0.05, 0.1) is 12.8 Å². The lowest BCUT2D eigenvalue weighted by atomic mass is 10.1. The van der Waals surface area contributed by atoms with Gasteiger partial charge in [-0.25, -0.2) is 4.68 Å². The Morgan fingerprint density at radius 1 is 1.32 bits per heavy atom. The normalized spacial score (nSPS) is 11.0. The lowest BCUT2D eigenvalue weighted by Gasteiger charge is -2.12. The van der Waals surface area contributed by atoms with Crippen molar-refractivity contribution >= 4 is 0 Å². The first-order valence-corrected chi connectivity index (χ1v) is 7.54. The molecule has 5 nitrogen and oxygen atoms in total. The summed E-state index contributed by atoms with van der Waals surface area (Å²) in [6.07, 6.45) is 0. The largest absolute Gasteiger partial charge is 0.497 e. The van der Waals surface area contributed by atoms with Crippen LogP contribution in [0.15, 0.2) is 35.1 Å². The average molecular weight is 301 g/mol. The molecule has 1 N–H and O–H groups in total. The van der Waals surface area contributed by atoms with Crippen molar-refractivity contribution < 1.29 is 4.74 Å². The van der Waals surface area contributed by atoms with E-state index >= 15 is 0 Å². The highest BCUT2D eigenvalue weighted by Crippen LogP contribution is 2.22. The number of nitrogens with one attached hydrogen (secondary N) is 1. The van der Waals surface area contributed by atoms with Crippen molar-refractivity contribution in [3.05, 3.63) is 46.2 Å². The average Bonchev–Trinajstić information content (AvgIpc) is 2.53. The van der Waals surface area contributed by atoms with Crippen LogP contribution in [0.2, 0.25) is 0 Å². The molecule has 2 rings (SSSR count). The molecule has 0 aliphatic rings. The molecule has 0 aliphatic carbocycles. The molecule has 0 aliphatic heterocycles. The minimum Gasteiger partial charge on any atom is -0.497 e. The molecule has 0 amide bonds. The molecule has 0 radical (unpaired) electrons. The maximum atomic E-state index is 12.4. The Balaban J connectivity index is 2.46. The van der Waals surface area contributed by atoms with E-state index in [-0.39, 0.29) is 5.56 Å². The van der Waals surface area contributed by atoms with Gasteiger partial charge in [0.2, 0.25) is 0 Å². The highest BCUT2D eigenvalue weighted by atomic mass is 16.5. The van der Waals surface area contributed by atoms with Crippen LogP contribution < -0.4 is 15.6 Å². The van der Waals surface area contributed by atoms with E-state index in [1.54, 1.807) is 7.11 Å². The molecule has 0 spiro atoms. The van der Waals surface area contributed by atoms with Gasteiger partial charge < -0.3 is 10.1 Å². The van der Waals surface area contributed by atoms with Gasteiger partial charge in [0.15, 0.2) is 0 Å². The van der Waals surface area contributed by atoms with E-state index in [4.69, 9.17) is 4.74 Å². The van der Waals surface area contributed by atoms with E-state index in [2.05, 4.69) is 24.3 Å². The number of methoxy groups -OCH3 is 1. The van der Waals surface area contributed by atoms with Crippen LogP contribution in [0.5, 0.6) is 5.75 Å². The van der Waals surface area contributed by atoms with Gasteiger partial charge in [-0.1, -0.05) is 26.0 Å². The number of rotatable bonds is 6. The summed E-state index contributed by atoms with van der Waals surface area (Å²) in [5, 5.41) is 7.73. The predicted octanol–water partition coefficient (Wildman–Crippen LogP) is 2.44. The summed E-state index contributed by atoms with van der Waals surface area (Å²) in [6.45, 7) is 7.12. The summed E-state index contributed by atoms with van der Waals surface area (Å²) >= 11 is 0. The zero-order valence-corrected chi connectivity index (χ0v) is 13.6. The van der Waals surface area contributed by atoms with E-state index in [0.29, 0.717) is 19.1 Å². The van der Waals surface area contributed by atoms with Gasteiger partial charge in [-0.05, 0) is 25.1 Å². The van der Waals surface area contributed by atoms with E-state index in [1.807, 2.05) is 37.3 Å². The monoisotopic (exact) mass is 301 g/mol. The van der Waals surface area contributed by atoms with Crippen LogP contribution in [0.3, 0.4) is 0 Å². The number of aromatic nitrogens is 2. The molecule has 1 aromatic carbocycles.